The van der Waals surface area contributed by atoms with Crippen LogP contribution in [-0.2, 0) is 12.8 Å². The van der Waals surface area contributed by atoms with E-state index in [4.69, 9.17) is 5.26 Å². The summed E-state index contributed by atoms with van der Waals surface area (Å²) in [5.41, 5.74) is 1.26. The van der Waals surface area contributed by atoms with Gasteiger partial charge in [0.05, 0.1) is 5.56 Å². The Kier molecular flexibility index (Phi) is 3.86. The van der Waals surface area contributed by atoms with Crippen molar-refractivity contribution in [2.75, 3.05) is 0 Å². The Labute approximate surface area is 108 Å². The van der Waals surface area contributed by atoms with Gasteiger partial charge in [-0.1, -0.05) is 6.07 Å². The maximum absolute atomic E-state index is 13.1. The summed E-state index contributed by atoms with van der Waals surface area (Å²) in [7, 11) is 0. The molecule has 0 spiro atoms. The monoisotopic (exact) mass is 261 g/mol. The Morgan fingerprint density at radius 1 is 0.842 bits per heavy atom. The number of hydrogen-bond donors (Lipinski definition) is 0. The van der Waals surface area contributed by atoms with Crippen LogP contribution in [0, 0.1) is 28.8 Å². The van der Waals surface area contributed by atoms with Crippen molar-refractivity contribution in [3.05, 3.63) is 70.5 Å². The highest BCUT2D eigenvalue weighted by atomic mass is 19.1. The van der Waals surface area contributed by atoms with E-state index >= 15 is 0 Å². The lowest BCUT2D eigenvalue weighted by Crippen LogP contribution is -1.95. The standard InChI is InChI=1S/C15H10F3N/c16-13-6-11(7-14(17)8-13)2-1-10-3-4-15(18)12(5-10)9-19/h3-8H,1-2H2. The summed E-state index contributed by atoms with van der Waals surface area (Å²) in [5.74, 6) is -1.80. The van der Waals surface area contributed by atoms with Crippen LogP contribution < -0.4 is 0 Å². The van der Waals surface area contributed by atoms with E-state index in [1.54, 1.807) is 12.1 Å². The SMILES string of the molecule is N#Cc1cc(CCc2cc(F)cc(F)c2)ccc1F. The number of rotatable bonds is 3. The molecule has 0 atom stereocenters. The maximum Gasteiger partial charge on any atom is 0.140 e. The summed E-state index contributed by atoms with van der Waals surface area (Å²) < 4.78 is 39.1. The van der Waals surface area contributed by atoms with Gasteiger partial charge in [0, 0.05) is 6.07 Å². The molecule has 4 heteroatoms. The van der Waals surface area contributed by atoms with Gasteiger partial charge >= 0.3 is 0 Å². The highest BCUT2D eigenvalue weighted by molar-refractivity contribution is 5.34. The summed E-state index contributed by atoms with van der Waals surface area (Å²) in [6.07, 6.45) is 0.906. The molecule has 0 aromatic heterocycles. The van der Waals surface area contributed by atoms with Crippen LogP contribution in [0.2, 0.25) is 0 Å². The number of halogens is 3. The van der Waals surface area contributed by atoms with E-state index in [0.717, 1.165) is 11.6 Å². The van der Waals surface area contributed by atoms with E-state index in [2.05, 4.69) is 0 Å². The lowest BCUT2D eigenvalue weighted by molar-refractivity contribution is 0.579. The van der Waals surface area contributed by atoms with Gasteiger partial charge in [0.1, 0.15) is 23.5 Å². The Bertz CT molecular complexity index is 624. The van der Waals surface area contributed by atoms with Gasteiger partial charge in [-0.25, -0.2) is 13.2 Å². The first-order valence-corrected chi connectivity index (χ1v) is 5.72. The first-order valence-electron chi connectivity index (χ1n) is 5.72. The Morgan fingerprint density at radius 3 is 2.11 bits per heavy atom. The predicted molar refractivity (Wildman–Crippen MR) is 64.9 cm³/mol. The Morgan fingerprint density at radius 2 is 1.47 bits per heavy atom. The molecule has 19 heavy (non-hydrogen) atoms. The third kappa shape index (κ3) is 3.35. The second-order valence-electron chi connectivity index (χ2n) is 4.20. The van der Waals surface area contributed by atoms with E-state index in [0.29, 0.717) is 18.4 Å². The Hall–Kier alpha value is -2.28. The minimum atomic E-state index is -0.619. The van der Waals surface area contributed by atoms with E-state index < -0.39 is 17.5 Å². The van der Waals surface area contributed by atoms with Crippen molar-refractivity contribution in [2.45, 2.75) is 12.8 Å². The fourth-order valence-corrected chi connectivity index (χ4v) is 1.86. The van der Waals surface area contributed by atoms with Gasteiger partial charge in [-0.3, -0.25) is 0 Å². The number of nitriles is 1. The summed E-state index contributed by atoms with van der Waals surface area (Å²) in [5, 5.41) is 8.71. The third-order valence-electron chi connectivity index (χ3n) is 2.78. The molecule has 0 saturated heterocycles. The summed E-state index contributed by atoms with van der Waals surface area (Å²) in [6.45, 7) is 0. The summed E-state index contributed by atoms with van der Waals surface area (Å²) in [4.78, 5) is 0. The van der Waals surface area contributed by atoms with Gasteiger partial charge in [-0.2, -0.15) is 5.26 Å². The van der Waals surface area contributed by atoms with Crippen LogP contribution in [0.15, 0.2) is 36.4 Å². The largest absolute Gasteiger partial charge is 0.207 e. The third-order valence-corrected chi connectivity index (χ3v) is 2.78. The number of nitrogens with zero attached hydrogens (tertiary/aromatic N) is 1. The topological polar surface area (TPSA) is 23.8 Å². The molecule has 96 valence electrons. The second-order valence-corrected chi connectivity index (χ2v) is 4.20. The molecule has 0 aliphatic carbocycles. The van der Waals surface area contributed by atoms with E-state index in [1.165, 1.54) is 24.3 Å². The van der Waals surface area contributed by atoms with Gasteiger partial charge in [0.2, 0.25) is 0 Å². The molecule has 2 aromatic carbocycles. The minimum absolute atomic E-state index is 0.0251. The van der Waals surface area contributed by atoms with Crippen molar-refractivity contribution in [1.29, 1.82) is 5.26 Å². The molecule has 0 saturated carbocycles. The first-order chi connectivity index (χ1) is 9.08. The average molecular weight is 261 g/mol. The molecule has 2 aromatic rings. The van der Waals surface area contributed by atoms with Crippen molar-refractivity contribution in [3.8, 4) is 6.07 Å². The quantitative estimate of drug-likeness (QED) is 0.825. The first kappa shape index (κ1) is 13.2. The Balaban J connectivity index is 2.12. The van der Waals surface area contributed by atoms with Gasteiger partial charge < -0.3 is 0 Å². The van der Waals surface area contributed by atoms with Crippen LogP contribution in [0.5, 0.6) is 0 Å². The van der Waals surface area contributed by atoms with Crippen molar-refractivity contribution < 1.29 is 13.2 Å². The molecule has 0 amide bonds. The van der Waals surface area contributed by atoms with Crippen LogP contribution in [0.25, 0.3) is 0 Å². The van der Waals surface area contributed by atoms with E-state index in [9.17, 15) is 13.2 Å². The molecule has 0 aliphatic rings. The molecule has 0 N–H and O–H groups in total. The van der Waals surface area contributed by atoms with Gasteiger partial charge in [-0.05, 0) is 48.2 Å². The van der Waals surface area contributed by atoms with Gasteiger partial charge in [-0.15, -0.1) is 0 Å². The lowest BCUT2D eigenvalue weighted by atomic mass is 10.0. The summed E-state index contributed by atoms with van der Waals surface area (Å²) in [6, 6.07) is 9.33. The van der Waals surface area contributed by atoms with Crippen molar-refractivity contribution in [3.63, 3.8) is 0 Å². The molecule has 0 fully saturated rings. The zero-order valence-electron chi connectivity index (χ0n) is 9.96. The molecule has 0 radical (unpaired) electrons. The second kappa shape index (κ2) is 5.57. The van der Waals surface area contributed by atoms with Crippen LogP contribution in [-0.4, -0.2) is 0 Å². The fraction of sp³-hybridized carbons (Fsp3) is 0.133. The van der Waals surface area contributed by atoms with E-state index in [1.807, 2.05) is 0 Å². The van der Waals surface area contributed by atoms with Crippen LogP contribution in [0.1, 0.15) is 16.7 Å². The van der Waals surface area contributed by atoms with Crippen LogP contribution in [0.4, 0.5) is 13.2 Å². The fourth-order valence-electron chi connectivity index (χ4n) is 1.86. The predicted octanol–water partition coefficient (Wildman–Crippen LogP) is 3.76. The average Bonchev–Trinajstić information content (AvgIpc) is 2.36. The molecular weight excluding hydrogens is 251 g/mol. The van der Waals surface area contributed by atoms with Gasteiger partial charge in [0.25, 0.3) is 0 Å². The van der Waals surface area contributed by atoms with E-state index in [-0.39, 0.29) is 5.56 Å². The number of benzene rings is 2. The molecule has 0 heterocycles. The number of hydrogen-bond acceptors (Lipinski definition) is 1. The molecule has 1 nitrogen and oxygen atoms in total. The van der Waals surface area contributed by atoms with Crippen molar-refractivity contribution in [2.24, 2.45) is 0 Å². The normalized spacial score (nSPS) is 10.2. The zero-order chi connectivity index (χ0) is 13.8. The van der Waals surface area contributed by atoms with Gasteiger partial charge in [0.15, 0.2) is 0 Å². The van der Waals surface area contributed by atoms with Crippen LogP contribution >= 0.6 is 0 Å². The molecular formula is C15H10F3N. The molecule has 2 rings (SSSR count). The summed E-state index contributed by atoms with van der Waals surface area (Å²) >= 11 is 0. The molecule has 0 unspecified atom stereocenters. The van der Waals surface area contributed by atoms with Crippen molar-refractivity contribution >= 4 is 0 Å². The zero-order valence-corrected chi connectivity index (χ0v) is 9.96. The highest BCUT2D eigenvalue weighted by Crippen LogP contribution is 2.14. The van der Waals surface area contributed by atoms with Crippen LogP contribution in [0.3, 0.4) is 0 Å². The highest BCUT2D eigenvalue weighted by Gasteiger charge is 2.05. The number of aryl methyl sites for hydroxylation is 2. The molecule has 0 aliphatic heterocycles. The lowest BCUT2D eigenvalue weighted by Gasteiger charge is -2.04. The maximum atomic E-state index is 13.1. The molecule has 0 bridgehead atoms. The van der Waals surface area contributed by atoms with Crippen molar-refractivity contribution in [1.82, 2.24) is 0 Å². The smallest absolute Gasteiger partial charge is 0.140 e. The minimum Gasteiger partial charge on any atom is -0.207 e.